The van der Waals surface area contributed by atoms with Crippen LogP contribution in [0.3, 0.4) is 0 Å². The Morgan fingerprint density at radius 2 is 2.11 bits per heavy atom. The fraction of sp³-hybridized carbons (Fsp3) is 0.429. The second-order valence-corrected chi connectivity index (χ2v) is 4.81. The topological polar surface area (TPSA) is 55.1 Å². The summed E-state index contributed by atoms with van der Waals surface area (Å²) in [5.41, 5.74) is 4.25. The second kappa shape index (κ2) is 6.33. The molecule has 1 heterocycles. The van der Waals surface area contributed by atoms with E-state index < -0.39 is 0 Å². The van der Waals surface area contributed by atoms with Crippen LogP contribution in [0, 0.1) is 0 Å². The van der Waals surface area contributed by atoms with Gasteiger partial charge in [-0.3, -0.25) is 4.79 Å². The van der Waals surface area contributed by atoms with Crippen LogP contribution in [0.2, 0.25) is 0 Å². The Hall–Kier alpha value is -1.88. The highest BCUT2D eigenvalue weighted by Crippen LogP contribution is 2.12. The van der Waals surface area contributed by atoms with Gasteiger partial charge in [0.15, 0.2) is 0 Å². The Bertz CT molecular complexity index is 475. The molecule has 19 heavy (non-hydrogen) atoms. The van der Waals surface area contributed by atoms with Crippen molar-refractivity contribution in [1.29, 1.82) is 0 Å². The largest absolute Gasteiger partial charge is 0.497 e. The van der Waals surface area contributed by atoms with E-state index in [0.717, 1.165) is 31.6 Å². The molecule has 5 heteroatoms. The maximum atomic E-state index is 11.9. The zero-order valence-corrected chi connectivity index (χ0v) is 11.4. The molecule has 0 radical (unpaired) electrons. The molecule has 0 unspecified atom stereocenters. The van der Waals surface area contributed by atoms with Gasteiger partial charge in [-0.05, 0) is 18.2 Å². The quantitative estimate of drug-likeness (QED) is 0.759. The summed E-state index contributed by atoms with van der Waals surface area (Å²) >= 11 is 0. The lowest BCUT2D eigenvalue weighted by molar-refractivity contribution is -0.880. The number of carbonyl (C=O) groups is 1. The number of hydrogen-bond donors (Lipinski definition) is 2. The summed E-state index contributed by atoms with van der Waals surface area (Å²) in [4.78, 5) is 13.5. The highest BCUT2D eigenvalue weighted by atomic mass is 16.5. The first-order valence-electron chi connectivity index (χ1n) is 6.50. The standard InChI is InChI=1S/C14H19N3O2/c1-17-8-6-12(7-9-17)15-16-14(18)11-4-3-5-13(10-11)19-2/h3-5,10H,6-9H2,1-2H3,(H,16,18)/p+1. The van der Waals surface area contributed by atoms with Crippen LogP contribution in [0.15, 0.2) is 29.4 Å². The molecule has 1 saturated heterocycles. The van der Waals surface area contributed by atoms with Crippen molar-refractivity contribution in [2.45, 2.75) is 12.8 Å². The van der Waals surface area contributed by atoms with Crippen molar-refractivity contribution in [3.63, 3.8) is 0 Å². The zero-order chi connectivity index (χ0) is 13.7. The van der Waals surface area contributed by atoms with Crippen LogP contribution in [0.25, 0.3) is 0 Å². The zero-order valence-electron chi connectivity index (χ0n) is 11.4. The van der Waals surface area contributed by atoms with Crippen molar-refractivity contribution in [3.8, 4) is 5.75 Å². The van der Waals surface area contributed by atoms with Crippen molar-refractivity contribution in [1.82, 2.24) is 5.43 Å². The number of hydrazone groups is 1. The van der Waals surface area contributed by atoms with Crippen molar-refractivity contribution in [3.05, 3.63) is 29.8 Å². The molecule has 2 N–H and O–H groups in total. The first-order valence-corrected chi connectivity index (χ1v) is 6.50. The van der Waals surface area contributed by atoms with E-state index in [-0.39, 0.29) is 5.91 Å². The average molecular weight is 262 g/mol. The van der Waals surface area contributed by atoms with Crippen molar-refractivity contribution < 1.29 is 14.4 Å². The Labute approximate surface area is 113 Å². The third-order valence-corrected chi connectivity index (χ3v) is 3.33. The molecule has 0 spiro atoms. The number of hydrogen-bond acceptors (Lipinski definition) is 3. The van der Waals surface area contributed by atoms with Crippen LogP contribution in [0.4, 0.5) is 0 Å². The van der Waals surface area contributed by atoms with E-state index in [0.29, 0.717) is 11.3 Å². The summed E-state index contributed by atoms with van der Waals surface area (Å²) in [5.74, 6) is 0.473. The van der Waals surface area contributed by atoms with Crippen LogP contribution in [-0.4, -0.2) is 38.9 Å². The van der Waals surface area contributed by atoms with Gasteiger partial charge in [0.25, 0.3) is 5.91 Å². The molecule has 0 atom stereocenters. The number of methoxy groups -OCH3 is 1. The van der Waals surface area contributed by atoms with E-state index >= 15 is 0 Å². The number of quaternary nitrogens is 1. The predicted molar refractivity (Wildman–Crippen MR) is 73.7 cm³/mol. The van der Waals surface area contributed by atoms with Gasteiger partial charge in [0.05, 0.1) is 27.2 Å². The van der Waals surface area contributed by atoms with Gasteiger partial charge in [0, 0.05) is 24.1 Å². The smallest absolute Gasteiger partial charge is 0.271 e. The molecule has 1 aromatic rings. The number of nitrogens with one attached hydrogen (secondary N) is 2. The Kier molecular flexibility index (Phi) is 4.52. The minimum atomic E-state index is -0.197. The van der Waals surface area contributed by atoms with E-state index in [1.807, 2.05) is 6.07 Å². The summed E-state index contributed by atoms with van der Waals surface area (Å²) in [6.07, 6.45) is 1.90. The minimum absolute atomic E-state index is 0.197. The lowest BCUT2D eigenvalue weighted by atomic mass is 10.1. The summed E-state index contributed by atoms with van der Waals surface area (Å²) in [7, 11) is 3.75. The first kappa shape index (κ1) is 13.5. The van der Waals surface area contributed by atoms with Crippen molar-refractivity contribution in [2.75, 3.05) is 27.2 Å². The lowest BCUT2D eigenvalue weighted by Crippen LogP contribution is -3.10. The molecule has 102 valence electrons. The van der Waals surface area contributed by atoms with Gasteiger partial charge in [-0.1, -0.05) is 6.07 Å². The molecule has 0 aliphatic carbocycles. The third-order valence-electron chi connectivity index (χ3n) is 3.33. The lowest BCUT2D eigenvalue weighted by Gasteiger charge is -2.20. The molecule has 5 nitrogen and oxygen atoms in total. The number of nitrogens with zero attached hydrogens (tertiary/aromatic N) is 1. The number of piperidine rings is 1. The number of carbonyl (C=O) groups excluding carboxylic acids is 1. The molecule has 1 aliphatic heterocycles. The van der Waals surface area contributed by atoms with Gasteiger partial charge in [0.2, 0.25) is 0 Å². The summed E-state index contributed by atoms with van der Waals surface area (Å²) in [6, 6.07) is 7.05. The van der Waals surface area contributed by atoms with E-state index in [2.05, 4.69) is 17.6 Å². The average Bonchev–Trinajstić information content (AvgIpc) is 2.46. The third kappa shape index (κ3) is 3.79. The number of rotatable bonds is 3. The highest BCUT2D eigenvalue weighted by molar-refractivity contribution is 5.95. The number of benzene rings is 1. The molecule has 0 saturated carbocycles. The molecule has 2 rings (SSSR count). The fourth-order valence-electron chi connectivity index (χ4n) is 2.04. The van der Waals surface area contributed by atoms with Gasteiger partial charge in [-0.25, -0.2) is 5.43 Å². The van der Waals surface area contributed by atoms with Crippen LogP contribution in [0.1, 0.15) is 23.2 Å². The summed E-state index contributed by atoms with van der Waals surface area (Å²) in [6.45, 7) is 2.15. The van der Waals surface area contributed by atoms with Crippen LogP contribution in [-0.2, 0) is 0 Å². The summed E-state index contributed by atoms with van der Waals surface area (Å²) < 4.78 is 5.09. The van der Waals surface area contributed by atoms with Crippen LogP contribution < -0.4 is 15.1 Å². The maximum Gasteiger partial charge on any atom is 0.271 e. The molecular weight excluding hydrogens is 242 g/mol. The van der Waals surface area contributed by atoms with Gasteiger partial charge in [0.1, 0.15) is 5.75 Å². The monoisotopic (exact) mass is 262 g/mol. The Balaban J connectivity index is 1.95. The van der Waals surface area contributed by atoms with E-state index in [9.17, 15) is 4.79 Å². The molecule has 1 amide bonds. The summed E-state index contributed by atoms with van der Waals surface area (Å²) in [5, 5.41) is 4.21. The number of ether oxygens (including phenoxy) is 1. The minimum Gasteiger partial charge on any atom is -0.497 e. The second-order valence-electron chi connectivity index (χ2n) is 4.81. The molecular formula is C14H20N3O2+. The van der Waals surface area contributed by atoms with Crippen LogP contribution in [0.5, 0.6) is 5.75 Å². The van der Waals surface area contributed by atoms with Gasteiger partial charge in [-0.2, -0.15) is 5.10 Å². The van der Waals surface area contributed by atoms with Gasteiger partial charge >= 0.3 is 0 Å². The Morgan fingerprint density at radius 3 is 2.79 bits per heavy atom. The Morgan fingerprint density at radius 1 is 1.37 bits per heavy atom. The maximum absolute atomic E-state index is 11.9. The predicted octanol–water partition coefficient (Wildman–Crippen LogP) is 0.0895. The normalized spacial score (nSPS) is 18.8. The molecule has 0 bridgehead atoms. The molecule has 1 aliphatic rings. The number of likely N-dealkylation sites (tertiary alicyclic amines) is 1. The van der Waals surface area contributed by atoms with E-state index in [1.165, 1.54) is 4.90 Å². The first-order chi connectivity index (χ1) is 9.19. The molecule has 0 aromatic heterocycles. The fourth-order valence-corrected chi connectivity index (χ4v) is 2.04. The van der Waals surface area contributed by atoms with E-state index in [4.69, 9.17) is 4.74 Å². The van der Waals surface area contributed by atoms with Gasteiger partial charge in [-0.15, -0.1) is 0 Å². The number of amides is 1. The van der Waals surface area contributed by atoms with Gasteiger partial charge < -0.3 is 9.64 Å². The van der Waals surface area contributed by atoms with Crippen LogP contribution >= 0.6 is 0 Å². The van der Waals surface area contributed by atoms with E-state index in [1.54, 1.807) is 25.3 Å². The van der Waals surface area contributed by atoms with Crippen molar-refractivity contribution in [2.24, 2.45) is 5.10 Å². The van der Waals surface area contributed by atoms with Crippen molar-refractivity contribution >= 4 is 11.6 Å². The molecule has 1 aromatic carbocycles. The highest BCUT2D eigenvalue weighted by Gasteiger charge is 2.14. The molecule has 1 fully saturated rings. The SMILES string of the molecule is COc1cccc(C(=O)NN=C2CC[NH+](C)CC2)c1.